The summed E-state index contributed by atoms with van der Waals surface area (Å²) in [6.07, 6.45) is 1.41. The normalized spacial score (nSPS) is 11.4. The van der Waals surface area contributed by atoms with Crippen molar-refractivity contribution in [1.29, 1.82) is 0 Å². The highest BCUT2D eigenvalue weighted by Gasteiger charge is 2.29. The number of benzene rings is 3. The number of aromatic hydroxyl groups is 1. The second-order valence-corrected chi connectivity index (χ2v) is 8.43. The fourth-order valence-electron chi connectivity index (χ4n) is 4.40. The van der Waals surface area contributed by atoms with E-state index in [2.05, 4.69) is 10.3 Å². The van der Waals surface area contributed by atoms with Crippen LogP contribution in [0, 0.1) is 10.1 Å². The highest BCUT2D eigenvalue weighted by atomic mass is 16.6. The number of rotatable bonds is 10. The minimum Gasteiger partial charge on any atom is -0.505 e. The van der Waals surface area contributed by atoms with Crippen LogP contribution in [0.15, 0.2) is 54.7 Å². The molecule has 4 rings (SSSR count). The molecule has 4 aromatic rings. The predicted molar refractivity (Wildman–Crippen MR) is 145 cm³/mol. The molecular weight excluding hydrogens is 522 g/mol. The summed E-state index contributed by atoms with van der Waals surface area (Å²) in [7, 11) is 7.21. The van der Waals surface area contributed by atoms with E-state index < -0.39 is 16.9 Å². The Morgan fingerprint density at radius 1 is 0.900 bits per heavy atom. The molecule has 208 valence electrons. The SMILES string of the molecule is COc1ccc(C(NC(=O)c2cc(OC)c(OC)c(OC)c2)c2cc([N+](=O)[O-])c3cccnc3c2O)cc1OC. The van der Waals surface area contributed by atoms with Gasteiger partial charge in [-0.15, -0.1) is 0 Å². The first kappa shape index (κ1) is 27.8. The number of carbonyl (C=O) groups excluding carboxylic acids is 1. The molecule has 0 saturated carbocycles. The van der Waals surface area contributed by atoms with E-state index in [1.807, 2.05) is 0 Å². The number of phenols is 1. The maximum atomic E-state index is 13.7. The summed E-state index contributed by atoms with van der Waals surface area (Å²) in [5, 5.41) is 26.3. The van der Waals surface area contributed by atoms with Crippen molar-refractivity contribution in [1.82, 2.24) is 10.3 Å². The summed E-state index contributed by atoms with van der Waals surface area (Å²) in [5.41, 5.74) is 0.361. The van der Waals surface area contributed by atoms with Crippen molar-refractivity contribution in [3.8, 4) is 34.5 Å². The lowest BCUT2D eigenvalue weighted by atomic mass is 9.94. The highest BCUT2D eigenvalue weighted by Crippen LogP contribution is 2.42. The largest absolute Gasteiger partial charge is 0.505 e. The van der Waals surface area contributed by atoms with Crippen molar-refractivity contribution >= 4 is 22.5 Å². The number of methoxy groups -OCH3 is 5. The van der Waals surface area contributed by atoms with Crippen LogP contribution in [0.4, 0.5) is 5.69 Å². The topological polar surface area (TPSA) is 152 Å². The fourth-order valence-corrected chi connectivity index (χ4v) is 4.40. The zero-order valence-electron chi connectivity index (χ0n) is 22.4. The summed E-state index contributed by atoms with van der Waals surface area (Å²) in [6.45, 7) is 0. The zero-order chi connectivity index (χ0) is 29.0. The van der Waals surface area contributed by atoms with E-state index in [1.165, 1.54) is 72.1 Å². The van der Waals surface area contributed by atoms with Gasteiger partial charge in [0.05, 0.1) is 51.9 Å². The van der Waals surface area contributed by atoms with Crippen molar-refractivity contribution in [3.63, 3.8) is 0 Å². The molecule has 12 heteroatoms. The Kier molecular flexibility index (Phi) is 8.08. The second kappa shape index (κ2) is 11.6. The third kappa shape index (κ3) is 5.06. The van der Waals surface area contributed by atoms with Gasteiger partial charge in [-0.1, -0.05) is 6.07 Å². The molecule has 0 bridgehead atoms. The van der Waals surface area contributed by atoms with Crippen LogP contribution in [0.5, 0.6) is 34.5 Å². The molecule has 0 aliphatic carbocycles. The van der Waals surface area contributed by atoms with Crippen molar-refractivity contribution in [2.45, 2.75) is 6.04 Å². The number of carbonyl (C=O) groups is 1. The lowest BCUT2D eigenvalue weighted by molar-refractivity contribution is -0.383. The van der Waals surface area contributed by atoms with Crippen LogP contribution in [0.2, 0.25) is 0 Å². The number of ether oxygens (including phenoxy) is 5. The first-order valence-electron chi connectivity index (χ1n) is 11.9. The average Bonchev–Trinajstić information content (AvgIpc) is 2.98. The highest BCUT2D eigenvalue weighted by molar-refractivity contribution is 5.97. The summed E-state index contributed by atoms with van der Waals surface area (Å²) >= 11 is 0. The molecule has 3 aromatic carbocycles. The molecular formula is C28H27N3O9. The number of nitrogens with zero attached hydrogens (tertiary/aromatic N) is 2. The van der Waals surface area contributed by atoms with E-state index in [1.54, 1.807) is 18.2 Å². The third-order valence-corrected chi connectivity index (χ3v) is 6.32. The molecule has 1 aromatic heterocycles. The molecule has 1 amide bonds. The molecule has 1 unspecified atom stereocenters. The van der Waals surface area contributed by atoms with Gasteiger partial charge < -0.3 is 34.1 Å². The van der Waals surface area contributed by atoms with E-state index in [9.17, 15) is 20.0 Å². The number of aromatic nitrogens is 1. The van der Waals surface area contributed by atoms with Crippen molar-refractivity contribution < 1.29 is 38.5 Å². The number of phenolic OH excluding ortho intramolecular Hbond substituents is 1. The van der Waals surface area contributed by atoms with Crippen LogP contribution in [0.1, 0.15) is 27.5 Å². The smallest absolute Gasteiger partial charge is 0.279 e. The lowest BCUT2D eigenvalue weighted by Crippen LogP contribution is -2.29. The first-order valence-corrected chi connectivity index (χ1v) is 11.9. The third-order valence-electron chi connectivity index (χ3n) is 6.32. The molecule has 0 aliphatic rings. The Morgan fingerprint density at radius 2 is 1.55 bits per heavy atom. The quantitative estimate of drug-likeness (QED) is 0.215. The zero-order valence-corrected chi connectivity index (χ0v) is 22.4. The number of amides is 1. The Hall–Kier alpha value is -5.26. The van der Waals surface area contributed by atoms with Crippen molar-refractivity contribution in [2.24, 2.45) is 0 Å². The monoisotopic (exact) mass is 549 g/mol. The van der Waals surface area contributed by atoms with E-state index in [0.29, 0.717) is 22.8 Å². The van der Waals surface area contributed by atoms with Gasteiger partial charge in [0.15, 0.2) is 23.0 Å². The van der Waals surface area contributed by atoms with Gasteiger partial charge in [-0.25, -0.2) is 0 Å². The van der Waals surface area contributed by atoms with Crippen molar-refractivity contribution in [3.05, 3.63) is 81.5 Å². The van der Waals surface area contributed by atoms with Crippen LogP contribution >= 0.6 is 0 Å². The number of nitro benzene ring substituents is 1. The van der Waals surface area contributed by atoms with Crippen LogP contribution in [-0.2, 0) is 0 Å². The number of hydrogen-bond donors (Lipinski definition) is 2. The molecule has 0 fully saturated rings. The predicted octanol–water partition coefficient (Wildman–Crippen LogP) is 4.41. The van der Waals surface area contributed by atoms with Crippen LogP contribution in [0.25, 0.3) is 10.9 Å². The Balaban J connectivity index is 1.92. The molecule has 0 saturated heterocycles. The number of nitrogens with one attached hydrogen (secondary N) is 1. The maximum Gasteiger partial charge on any atom is 0.279 e. The number of non-ortho nitro benzene ring substituents is 1. The summed E-state index contributed by atoms with van der Waals surface area (Å²) in [4.78, 5) is 29.3. The Bertz CT molecular complexity index is 1560. The minimum absolute atomic E-state index is 0.0132. The maximum absolute atomic E-state index is 13.7. The standard InChI is InChI=1S/C28H27N3O9/c1-36-20-9-8-15(11-21(20)37-2)24(18-14-19(31(34)35)17-7-6-10-29-25(17)26(18)32)30-28(33)16-12-22(38-3)27(40-5)23(13-16)39-4/h6-14,24,32H,1-5H3,(H,30,33). The molecule has 0 aliphatic heterocycles. The van der Waals surface area contributed by atoms with Crippen LogP contribution < -0.4 is 29.0 Å². The molecule has 40 heavy (non-hydrogen) atoms. The van der Waals surface area contributed by atoms with E-state index in [4.69, 9.17) is 23.7 Å². The second-order valence-electron chi connectivity index (χ2n) is 8.43. The summed E-state index contributed by atoms with van der Waals surface area (Å²) < 4.78 is 26.8. The lowest BCUT2D eigenvalue weighted by Gasteiger charge is -2.23. The number of nitro groups is 1. The molecule has 2 N–H and O–H groups in total. The Morgan fingerprint density at radius 3 is 2.12 bits per heavy atom. The van der Waals surface area contributed by atoms with Gasteiger partial charge >= 0.3 is 0 Å². The fraction of sp³-hybridized carbons (Fsp3) is 0.214. The van der Waals surface area contributed by atoms with E-state index >= 15 is 0 Å². The first-order chi connectivity index (χ1) is 19.3. The number of fused-ring (bicyclic) bond motifs is 1. The molecule has 12 nitrogen and oxygen atoms in total. The van der Waals surface area contributed by atoms with Gasteiger partial charge in [0, 0.05) is 23.4 Å². The van der Waals surface area contributed by atoms with E-state index in [0.717, 1.165) is 0 Å². The summed E-state index contributed by atoms with van der Waals surface area (Å²) in [5.74, 6) is 0.655. The van der Waals surface area contributed by atoms with Gasteiger partial charge in [0.1, 0.15) is 11.3 Å². The van der Waals surface area contributed by atoms with Gasteiger partial charge in [-0.05, 0) is 42.0 Å². The van der Waals surface area contributed by atoms with Gasteiger partial charge in [-0.3, -0.25) is 19.9 Å². The van der Waals surface area contributed by atoms with Gasteiger partial charge in [-0.2, -0.15) is 0 Å². The Labute approximate surface area is 229 Å². The van der Waals surface area contributed by atoms with Crippen molar-refractivity contribution in [2.75, 3.05) is 35.5 Å². The van der Waals surface area contributed by atoms with Gasteiger partial charge in [0.25, 0.3) is 11.6 Å². The molecule has 1 heterocycles. The molecule has 0 radical (unpaired) electrons. The number of hydrogen-bond acceptors (Lipinski definition) is 10. The summed E-state index contributed by atoms with van der Waals surface area (Å²) in [6, 6.07) is 11.0. The molecule has 0 spiro atoms. The van der Waals surface area contributed by atoms with Crippen LogP contribution in [0.3, 0.4) is 0 Å². The molecule has 1 atom stereocenters. The number of pyridine rings is 1. The van der Waals surface area contributed by atoms with Crippen LogP contribution in [-0.4, -0.2) is 56.5 Å². The van der Waals surface area contributed by atoms with E-state index in [-0.39, 0.29) is 45.0 Å². The minimum atomic E-state index is -1.09. The average molecular weight is 550 g/mol. The van der Waals surface area contributed by atoms with Gasteiger partial charge in [0.2, 0.25) is 5.75 Å².